The summed E-state index contributed by atoms with van der Waals surface area (Å²) in [6, 6.07) is 0. The van der Waals surface area contributed by atoms with Crippen molar-refractivity contribution in [1.82, 2.24) is 0 Å². The first-order chi connectivity index (χ1) is 17.9. The molecule has 0 bridgehead atoms. The van der Waals surface area contributed by atoms with Gasteiger partial charge < -0.3 is 29.4 Å². The molecule has 0 aliphatic heterocycles. The third kappa shape index (κ3) is 5.80. The molecule has 39 heavy (non-hydrogen) atoms. The lowest BCUT2D eigenvalue weighted by molar-refractivity contribution is -0.0719. The molecule has 4 rings (SSSR count). The lowest BCUT2D eigenvalue weighted by Gasteiger charge is -2.58. The van der Waals surface area contributed by atoms with E-state index in [1.165, 1.54) is 50.5 Å². The zero-order valence-electron chi connectivity index (χ0n) is 24.5. The van der Waals surface area contributed by atoms with E-state index in [0.29, 0.717) is 30.1 Å². The number of rotatable bonds is 10. The molecule has 226 valence electrons. The van der Waals surface area contributed by atoms with Crippen LogP contribution in [0.25, 0.3) is 0 Å². The molecule has 0 saturated heterocycles. The van der Waals surface area contributed by atoms with Crippen LogP contribution in [0.5, 0.6) is 0 Å². The van der Waals surface area contributed by atoms with Crippen LogP contribution in [0.3, 0.4) is 0 Å². The Hall–Kier alpha value is -0.0400. The molecular weight excluding hydrogens is 538 g/mol. The molecule has 4 aliphatic carbocycles. The molecule has 8 nitrogen and oxygen atoms in total. The van der Waals surface area contributed by atoms with Crippen molar-refractivity contribution in [3.63, 3.8) is 0 Å². The number of hydrogen-bond acceptors (Lipinski definition) is 4. The molecule has 0 radical (unpaired) electrons. The van der Waals surface area contributed by atoms with Crippen molar-refractivity contribution in [2.45, 2.75) is 116 Å². The zero-order chi connectivity index (χ0) is 29.0. The van der Waals surface area contributed by atoms with E-state index < -0.39 is 33.0 Å². The van der Waals surface area contributed by atoms with Gasteiger partial charge in [0.25, 0.3) is 5.08 Å². The minimum Gasteiger partial charge on any atom is -0.373 e. The van der Waals surface area contributed by atoms with Crippen LogP contribution in [0.2, 0.25) is 0 Å². The zero-order valence-corrected chi connectivity index (χ0v) is 26.2. The van der Waals surface area contributed by atoms with Crippen LogP contribution >= 0.6 is 15.2 Å². The first kappa shape index (κ1) is 31.9. The Morgan fingerprint density at radius 2 is 1.64 bits per heavy atom. The molecule has 0 spiro atoms. The number of allylic oxidation sites excluding steroid dienone is 1. The van der Waals surface area contributed by atoms with Crippen molar-refractivity contribution in [3.8, 4) is 0 Å². The standard InChI is InChI=1S/C29H52O8P2/c1-19(2)7-6-8-20(3)24-11-12-25-23-10-9-21-17-22(37-18-29(30,38(31,32)33)39(34,35)36)13-15-27(21,4)26(23)14-16-28(24,25)5/h9,19-20,22-26,30H,6-8,10-18H2,1-5H3,(H2,31,32,33)(H2,34,35,36). The number of ether oxygens (including phenoxy) is 1. The summed E-state index contributed by atoms with van der Waals surface area (Å²) in [5.74, 6) is 4.38. The maximum atomic E-state index is 11.7. The average molecular weight is 591 g/mol. The lowest BCUT2D eigenvalue weighted by Crippen LogP contribution is -2.51. The van der Waals surface area contributed by atoms with Gasteiger partial charge in [-0.05, 0) is 97.7 Å². The van der Waals surface area contributed by atoms with Gasteiger partial charge >= 0.3 is 15.2 Å². The Bertz CT molecular complexity index is 995. The summed E-state index contributed by atoms with van der Waals surface area (Å²) < 4.78 is 29.1. The van der Waals surface area contributed by atoms with E-state index in [1.54, 1.807) is 0 Å². The Balaban J connectivity index is 1.44. The Kier molecular flexibility index (Phi) is 9.18. The maximum absolute atomic E-state index is 11.7. The van der Waals surface area contributed by atoms with Gasteiger partial charge in [0, 0.05) is 0 Å². The van der Waals surface area contributed by atoms with E-state index in [-0.39, 0.29) is 5.41 Å². The highest BCUT2D eigenvalue weighted by Gasteiger charge is 2.61. The second kappa shape index (κ2) is 11.2. The third-order valence-corrected chi connectivity index (χ3v) is 15.4. The van der Waals surface area contributed by atoms with Gasteiger partial charge in [0.05, 0.1) is 12.7 Å². The second-order valence-electron chi connectivity index (χ2n) is 14.3. The Morgan fingerprint density at radius 3 is 2.26 bits per heavy atom. The number of fused-ring (bicyclic) bond motifs is 5. The number of aliphatic hydroxyl groups is 1. The normalized spacial score (nSPS) is 38.1. The summed E-state index contributed by atoms with van der Waals surface area (Å²) >= 11 is 0. The SMILES string of the molecule is CC(C)CCCC(C)C1CCC2C3CC=C4CC(OCC(O)(P(=O)(O)O)P(=O)(O)O)CCC4(C)C3CCC12C. The van der Waals surface area contributed by atoms with Crippen molar-refractivity contribution in [2.24, 2.45) is 46.3 Å². The number of hydrogen-bond donors (Lipinski definition) is 5. The van der Waals surface area contributed by atoms with Crippen molar-refractivity contribution < 1.29 is 38.5 Å². The predicted molar refractivity (Wildman–Crippen MR) is 152 cm³/mol. The van der Waals surface area contributed by atoms with Gasteiger partial charge in [-0.25, -0.2) is 0 Å². The van der Waals surface area contributed by atoms with Gasteiger partial charge in [-0.3, -0.25) is 9.13 Å². The predicted octanol–water partition coefficient (Wildman–Crippen LogP) is 6.41. The van der Waals surface area contributed by atoms with Crippen molar-refractivity contribution in [2.75, 3.05) is 6.61 Å². The molecule has 0 aromatic heterocycles. The van der Waals surface area contributed by atoms with Crippen molar-refractivity contribution in [1.29, 1.82) is 0 Å². The van der Waals surface area contributed by atoms with Gasteiger partial charge in [0.1, 0.15) is 0 Å². The third-order valence-electron chi connectivity index (χ3n) is 11.7. The van der Waals surface area contributed by atoms with E-state index in [0.717, 1.165) is 36.5 Å². The molecule has 5 N–H and O–H groups in total. The van der Waals surface area contributed by atoms with Gasteiger partial charge in [-0.1, -0.05) is 65.5 Å². The molecular formula is C29H52O8P2. The largest absolute Gasteiger partial charge is 0.373 e. The summed E-state index contributed by atoms with van der Waals surface area (Å²) in [5, 5.41) is 6.71. The fourth-order valence-corrected chi connectivity index (χ4v) is 11.2. The Labute approximate surface area is 234 Å². The van der Waals surface area contributed by atoms with E-state index in [4.69, 9.17) is 4.74 Å². The summed E-state index contributed by atoms with van der Waals surface area (Å²) in [5.41, 5.74) is 1.76. The maximum Gasteiger partial charge on any atom is 0.371 e. The van der Waals surface area contributed by atoms with E-state index in [1.807, 2.05) is 0 Å². The van der Waals surface area contributed by atoms with Crippen molar-refractivity contribution >= 4 is 15.2 Å². The molecule has 3 saturated carbocycles. The molecule has 3 fully saturated rings. The van der Waals surface area contributed by atoms with Crippen LogP contribution in [-0.4, -0.2) is 42.5 Å². The quantitative estimate of drug-likeness (QED) is 0.145. The summed E-state index contributed by atoms with van der Waals surface area (Å²) in [6.45, 7) is 11.0. The van der Waals surface area contributed by atoms with Crippen LogP contribution in [0.4, 0.5) is 0 Å². The monoisotopic (exact) mass is 590 g/mol. The minimum atomic E-state index is -5.53. The molecule has 0 aromatic rings. The van der Waals surface area contributed by atoms with E-state index in [9.17, 15) is 33.8 Å². The molecule has 10 heteroatoms. The molecule has 8 unspecified atom stereocenters. The van der Waals surface area contributed by atoms with Gasteiger partial charge in [0.15, 0.2) is 0 Å². The smallest absolute Gasteiger partial charge is 0.371 e. The van der Waals surface area contributed by atoms with Crippen LogP contribution < -0.4 is 0 Å². The highest BCUT2D eigenvalue weighted by molar-refractivity contribution is 7.72. The Morgan fingerprint density at radius 1 is 0.974 bits per heavy atom. The fraction of sp³-hybridized carbons (Fsp3) is 0.931. The first-order valence-corrected chi connectivity index (χ1v) is 18.3. The summed E-state index contributed by atoms with van der Waals surface area (Å²) in [7, 11) is -11.1. The average Bonchev–Trinajstić information content (AvgIpc) is 3.18. The molecule has 8 atom stereocenters. The minimum absolute atomic E-state index is 0.0495. The first-order valence-electron chi connectivity index (χ1n) is 15.1. The molecule has 0 heterocycles. The fourth-order valence-electron chi connectivity index (χ4n) is 9.36. The van der Waals surface area contributed by atoms with Gasteiger partial charge in [-0.15, -0.1) is 0 Å². The van der Waals surface area contributed by atoms with Crippen LogP contribution in [0.1, 0.15) is 105 Å². The van der Waals surface area contributed by atoms with Crippen LogP contribution in [0, 0.1) is 46.3 Å². The molecule has 0 aromatic carbocycles. The molecule has 0 amide bonds. The van der Waals surface area contributed by atoms with E-state index >= 15 is 0 Å². The summed E-state index contributed by atoms with van der Waals surface area (Å²) in [4.78, 5) is 37.8. The van der Waals surface area contributed by atoms with Gasteiger partial charge in [-0.2, -0.15) is 0 Å². The van der Waals surface area contributed by atoms with E-state index in [2.05, 4.69) is 40.7 Å². The summed E-state index contributed by atoms with van der Waals surface area (Å²) in [6.07, 6.45) is 14.2. The molecule has 4 aliphatic rings. The topological polar surface area (TPSA) is 145 Å². The van der Waals surface area contributed by atoms with Crippen LogP contribution in [0.15, 0.2) is 11.6 Å². The lowest BCUT2D eigenvalue weighted by atomic mass is 9.47. The van der Waals surface area contributed by atoms with Crippen LogP contribution in [-0.2, 0) is 13.9 Å². The van der Waals surface area contributed by atoms with Gasteiger partial charge in [0.2, 0.25) is 0 Å². The highest BCUT2D eigenvalue weighted by atomic mass is 31.2. The van der Waals surface area contributed by atoms with Crippen molar-refractivity contribution in [3.05, 3.63) is 11.6 Å². The highest BCUT2D eigenvalue weighted by Crippen LogP contribution is 2.69. The second-order valence-corrected chi connectivity index (χ2v) is 18.3.